The van der Waals surface area contributed by atoms with Crippen LogP contribution in [0.15, 0.2) is 30.6 Å². The minimum absolute atomic E-state index is 0.0738. The van der Waals surface area contributed by atoms with E-state index in [0.29, 0.717) is 17.6 Å². The van der Waals surface area contributed by atoms with E-state index in [0.717, 1.165) is 25.2 Å². The van der Waals surface area contributed by atoms with Gasteiger partial charge in [0.15, 0.2) is 0 Å². The summed E-state index contributed by atoms with van der Waals surface area (Å²) in [6.07, 6.45) is 5.79. The van der Waals surface area contributed by atoms with Crippen LogP contribution in [0.3, 0.4) is 0 Å². The van der Waals surface area contributed by atoms with Crippen LogP contribution in [0.25, 0.3) is 11.0 Å². The Bertz CT molecular complexity index is 602. The lowest BCUT2D eigenvalue weighted by atomic mass is 10.1. The molecule has 1 saturated heterocycles. The average molecular weight is 270 g/mol. The second-order valence-corrected chi connectivity index (χ2v) is 5.03. The van der Waals surface area contributed by atoms with Gasteiger partial charge in [-0.3, -0.25) is 14.8 Å². The zero-order valence-electron chi connectivity index (χ0n) is 11.4. The Morgan fingerprint density at radius 2 is 2.00 bits per heavy atom. The molecule has 5 heteroatoms. The largest absolute Gasteiger partial charge is 0.351 e. The van der Waals surface area contributed by atoms with Gasteiger partial charge in [-0.1, -0.05) is 6.07 Å². The molecule has 1 fully saturated rings. The fourth-order valence-electron chi connectivity index (χ4n) is 2.60. The van der Waals surface area contributed by atoms with Gasteiger partial charge < -0.3 is 10.2 Å². The molecular formula is C15H18N4O. The highest BCUT2D eigenvalue weighted by Gasteiger charge is 2.13. The molecule has 1 aromatic carbocycles. The van der Waals surface area contributed by atoms with Crippen molar-refractivity contribution in [1.82, 2.24) is 20.2 Å². The third-order valence-electron chi connectivity index (χ3n) is 3.66. The van der Waals surface area contributed by atoms with E-state index >= 15 is 0 Å². The van der Waals surface area contributed by atoms with Gasteiger partial charge in [-0.05, 0) is 38.1 Å². The first-order chi connectivity index (χ1) is 9.84. The van der Waals surface area contributed by atoms with E-state index in [9.17, 15) is 4.79 Å². The zero-order valence-corrected chi connectivity index (χ0v) is 11.4. The SMILES string of the molecule is O=C(NCCN1CCCC1)c1cccc2nccnc12. The molecule has 0 unspecified atom stereocenters. The van der Waals surface area contributed by atoms with Crippen molar-refractivity contribution < 1.29 is 4.79 Å². The lowest BCUT2D eigenvalue weighted by molar-refractivity contribution is 0.0951. The summed E-state index contributed by atoms with van der Waals surface area (Å²) in [5.41, 5.74) is 2.00. The number of nitrogens with one attached hydrogen (secondary N) is 1. The van der Waals surface area contributed by atoms with E-state index in [1.807, 2.05) is 12.1 Å². The first kappa shape index (κ1) is 13.0. The summed E-state index contributed by atoms with van der Waals surface area (Å²) >= 11 is 0. The molecular weight excluding hydrogens is 252 g/mol. The van der Waals surface area contributed by atoms with Crippen molar-refractivity contribution >= 4 is 16.9 Å². The number of para-hydroxylation sites is 1. The maximum absolute atomic E-state index is 12.2. The molecule has 3 rings (SSSR count). The van der Waals surface area contributed by atoms with Gasteiger partial charge >= 0.3 is 0 Å². The quantitative estimate of drug-likeness (QED) is 0.913. The third-order valence-corrected chi connectivity index (χ3v) is 3.66. The van der Waals surface area contributed by atoms with E-state index < -0.39 is 0 Å². The standard InChI is InChI=1S/C15H18N4O/c20-15(18-8-11-19-9-1-2-10-19)12-4-3-5-13-14(12)17-7-6-16-13/h3-7H,1-2,8-11H2,(H,18,20). The maximum atomic E-state index is 12.2. The van der Waals surface area contributed by atoms with E-state index in [4.69, 9.17) is 0 Å². The molecule has 20 heavy (non-hydrogen) atoms. The van der Waals surface area contributed by atoms with Crippen molar-refractivity contribution in [2.45, 2.75) is 12.8 Å². The highest BCUT2D eigenvalue weighted by Crippen LogP contribution is 2.13. The molecule has 0 bridgehead atoms. The Labute approximate surface area is 118 Å². The molecule has 0 spiro atoms. The Morgan fingerprint density at radius 1 is 1.20 bits per heavy atom. The number of amides is 1. The van der Waals surface area contributed by atoms with Gasteiger partial charge in [0.2, 0.25) is 0 Å². The molecule has 1 N–H and O–H groups in total. The van der Waals surface area contributed by atoms with Crippen LogP contribution in [0.5, 0.6) is 0 Å². The van der Waals surface area contributed by atoms with Crippen molar-refractivity contribution in [2.75, 3.05) is 26.2 Å². The molecule has 2 aromatic rings. The summed E-state index contributed by atoms with van der Waals surface area (Å²) in [6.45, 7) is 3.89. The van der Waals surface area contributed by atoms with Crippen LogP contribution in [0.1, 0.15) is 23.2 Å². The van der Waals surface area contributed by atoms with Crippen LogP contribution >= 0.6 is 0 Å². The van der Waals surface area contributed by atoms with Crippen LogP contribution in [-0.2, 0) is 0 Å². The maximum Gasteiger partial charge on any atom is 0.253 e. The van der Waals surface area contributed by atoms with Crippen LogP contribution < -0.4 is 5.32 Å². The lowest BCUT2D eigenvalue weighted by Gasteiger charge is -2.14. The summed E-state index contributed by atoms with van der Waals surface area (Å²) in [5, 5.41) is 2.97. The summed E-state index contributed by atoms with van der Waals surface area (Å²) in [5.74, 6) is -0.0738. The molecule has 0 radical (unpaired) electrons. The molecule has 1 aliphatic heterocycles. The Morgan fingerprint density at radius 3 is 2.85 bits per heavy atom. The number of carbonyl (C=O) groups is 1. The number of hydrogen-bond donors (Lipinski definition) is 1. The van der Waals surface area contributed by atoms with Gasteiger partial charge in [-0.25, -0.2) is 0 Å². The topological polar surface area (TPSA) is 58.1 Å². The van der Waals surface area contributed by atoms with Crippen LogP contribution in [-0.4, -0.2) is 47.0 Å². The van der Waals surface area contributed by atoms with Crippen molar-refractivity contribution in [3.63, 3.8) is 0 Å². The fourth-order valence-corrected chi connectivity index (χ4v) is 2.60. The molecule has 1 amide bonds. The molecule has 2 heterocycles. The molecule has 104 valence electrons. The van der Waals surface area contributed by atoms with Crippen LogP contribution in [0, 0.1) is 0 Å². The summed E-state index contributed by atoms with van der Waals surface area (Å²) in [4.78, 5) is 23.1. The van der Waals surface area contributed by atoms with Crippen molar-refractivity contribution in [3.05, 3.63) is 36.2 Å². The smallest absolute Gasteiger partial charge is 0.253 e. The van der Waals surface area contributed by atoms with Gasteiger partial charge in [-0.15, -0.1) is 0 Å². The van der Waals surface area contributed by atoms with Gasteiger partial charge in [0, 0.05) is 25.5 Å². The van der Waals surface area contributed by atoms with E-state index in [1.165, 1.54) is 12.8 Å². The number of rotatable bonds is 4. The summed E-state index contributed by atoms with van der Waals surface area (Å²) in [6, 6.07) is 5.50. The average Bonchev–Trinajstić information content (AvgIpc) is 3.00. The molecule has 0 saturated carbocycles. The van der Waals surface area contributed by atoms with Crippen molar-refractivity contribution in [1.29, 1.82) is 0 Å². The molecule has 0 aliphatic carbocycles. The lowest BCUT2D eigenvalue weighted by Crippen LogP contribution is -2.33. The number of carbonyl (C=O) groups excluding carboxylic acids is 1. The van der Waals surface area contributed by atoms with Crippen molar-refractivity contribution in [3.8, 4) is 0 Å². The highest BCUT2D eigenvalue weighted by molar-refractivity contribution is 6.04. The second kappa shape index (κ2) is 5.96. The molecule has 1 aromatic heterocycles. The normalized spacial score (nSPS) is 15.6. The zero-order chi connectivity index (χ0) is 13.8. The van der Waals surface area contributed by atoms with Gasteiger partial charge in [0.05, 0.1) is 11.1 Å². The van der Waals surface area contributed by atoms with E-state index in [2.05, 4.69) is 20.2 Å². The number of nitrogens with zero attached hydrogens (tertiary/aromatic N) is 3. The number of likely N-dealkylation sites (tertiary alicyclic amines) is 1. The van der Waals surface area contributed by atoms with E-state index in [1.54, 1.807) is 18.5 Å². The van der Waals surface area contributed by atoms with Gasteiger partial charge in [0.25, 0.3) is 5.91 Å². The number of hydrogen-bond acceptors (Lipinski definition) is 4. The monoisotopic (exact) mass is 270 g/mol. The second-order valence-electron chi connectivity index (χ2n) is 5.03. The number of benzene rings is 1. The predicted molar refractivity (Wildman–Crippen MR) is 77.5 cm³/mol. The van der Waals surface area contributed by atoms with Gasteiger partial charge in [0.1, 0.15) is 5.52 Å². The predicted octanol–water partition coefficient (Wildman–Crippen LogP) is 1.46. The summed E-state index contributed by atoms with van der Waals surface area (Å²) in [7, 11) is 0. The fraction of sp³-hybridized carbons (Fsp3) is 0.400. The first-order valence-corrected chi connectivity index (χ1v) is 7.05. The minimum Gasteiger partial charge on any atom is -0.351 e. The Hall–Kier alpha value is -2.01. The molecule has 1 aliphatic rings. The van der Waals surface area contributed by atoms with E-state index in [-0.39, 0.29) is 5.91 Å². The Balaban J connectivity index is 1.66. The van der Waals surface area contributed by atoms with Gasteiger partial charge in [-0.2, -0.15) is 0 Å². The first-order valence-electron chi connectivity index (χ1n) is 7.05. The Kier molecular flexibility index (Phi) is 3.87. The van der Waals surface area contributed by atoms with Crippen LogP contribution in [0.4, 0.5) is 0 Å². The van der Waals surface area contributed by atoms with Crippen LogP contribution in [0.2, 0.25) is 0 Å². The molecule has 5 nitrogen and oxygen atoms in total. The number of aromatic nitrogens is 2. The molecule has 0 atom stereocenters. The highest BCUT2D eigenvalue weighted by atomic mass is 16.1. The van der Waals surface area contributed by atoms with Crippen molar-refractivity contribution in [2.24, 2.45) is 0 Å². The third kappa shape index (κ3) is 2.77. The number of fused-ring (bicyclic) bond motifs is 1. The summed E-state index contributed by atoms with van der Waals surface area (Å²) < 4.78 is 0. The minimum atomic E-state index is -0.0738.